The zero-order chi connectivity index (χ0) is 11.5. The van der Waals surface area contributed by atoms with Gasteiger partial charge in [0, 0.05) is 22.8 Å². The van der Waals surface area contributed by atoms with Gasteiger partial charge in [-0.25, -0.2) is 4.98 Å². The number of aryl methyl sites for hydroxylation is 2. The highest BCUT2D eigenvalue weighted by molar-refractivity contribution is 7.15. The standard InChI is InChI=1S/C11H11N3OS.ClH/c1-7-8(2)16-11(13-7)14-10(15)9-3-5-12-6-4-9;/h3-6H,1-2H3,(H,13,14,15);1H. The summed E-state index contributed by atoms with van der Waals surface area (Å²) in [5.74, 6) is -0.156. The number of pyridine rings is 1. The van der Waals surface area contributed by atoms with E-state index in [1.165, 1.54) is 11.3 Å². The quantitative estimate of drug-likeness (QED) is 0.912. The molecule has 0 bridgehead atoms. The zero-order valence-electron chi connectivity index (χ0n) is 9.43. The molecular formula is C11H12ClN3OS. The Bertz CT molecular complexity index is 493. The van der Waals surface area contributed by atoms with Gasteiger partial charge in [0.15, 0.2) is 5.13 Å². The van der Waals surface area contributed by atoms with E-state index in [4.69, 9.17) is 0 Å². The van der Waals surface area contributed by atoms with E-state index in [2.05, 4.69) is 15.3 Å². The Morgan fingerprint density at radius 3 is 2.47 bits per heavy atom. The zero-order valence-corrected chi connectivity index (χ0v) is 11.1. The Labute approximate surface area is 110 Å². The van der Waals surface area contributed by atoms with Crippen LogP contribution in [0.2, 0.25) is 0 Å². The van der Waals surface area contributed by atoms with Gasteiger partial charge in [-0.2, -0.15) is 0 Å². The fraction of sp³-hybridized carbons (Fsp3) is 0.182. The minimum atomic E-state index is -0.156. The van der Waals surface area contributed by atoms with Gasteiger partial charge in [-0.05, 0) is 26.0 Å². The van der Waals surface area contributed by atoms with Gasteiger partial charge < -0.3 is 0 Å². The molecule has 0 aliphatic rings. The number of anilines is 1. The first-order valence-electron chi connectivity index (χ1n) is 4.82. The maximum absolute atomic E-state index is 11.8. The smallest absolute Gasteiger partial charge is 0.257 e. The fourth-order valence-corrected chi connectivity index (χ4v) is 2.01. The van der Waals surface area contributed by atoms with Crippen molar-refractivity contribution in [1.82, 2.24) is 9.97 Å². The third-order valence-electron chi connectivity index (χ3n) is 2.19. The molecule has 90 valence electrons. The molecule has 0 spiro atoms. The number of amides is 1. The van der Waals surface area contributed by atoms with Crippen molar-refractivity contribution in [3.8, 4) is 0 Å². The van der Waals surface area contributed by atoms with E-state index in [0.29, 0.717) is 10.7 Å². The van der Waals surface area contributed by atoms with Crippen LogP contribution in [-0.4, -0.2) is 15.9 Å². The minimum absolute atomic E-state index is 0. The summed E-state index contributed by atoms with van der Waals surface area (Å²) in [7, 11) is 0. The molecule has 0 unspecified atom stereocenters. The van der Waals surface area contributed by atoms with E-state index in [1.807, 2.05) is 13.8 Å². The lowest BCUT2D eigenvalue weighted by atomic mass is 10.2. The van der Waals surface area contributed by atoms with Gasteiger partial charge in [-0.15, -0.1) is 23.7 Å². The molecule has 0 aromatic carbocycles. The maximum atomic E-state index is 11.8. The monoisotopic (exact) mass is 269 g/mol. The van der Waals surface area contributed by atoms with E-state index in [0.717, 1.165) is 10.6 Å². The highest BCUT2D eigenvalue weighted by Crippen LogP contribution is 2.21. The van der Waals surface area contributed by atoms with E-state index >= 15 is 0 Å². The first-order chi connectivity index (χ1) is 7.66. The number of thiazole rings is 1. The lowest BCUT2D eigenvalue weighted by Gasteiger charge is -1.99. The third-order valence-corrected chi connectivity index (χ3v) is 3.18. The minimum Gasteiger partial charge on any atom is -0.298 e. The molecule has 1 amide bonds. The molecule has 4 nitrogen and oxygen atoms in total. The first-order valence-corrected chi connectivity index (χ1v) is 5.64. The SMILES string of the molecule is Cc1nc(NC(=O)c2ccncc2)sc1C.Cl. The van der Waals surface area contributed by atoms with Gasteiger partial charge in [0.05, 0.1) is 5.69 Å². The van der Waals surface area contributed by atoms with Crippen molar-refractivity contribution in [2.24, 2.45) is 0 Å². The molecule has 0 saturated heterocycles. The molecule has 0 atom stereocenters. The summed E-state index contributed by atoms with van der Waals surface area (Å²) >= 11 is 1.48. The van der Waals surface area contributed by atoms with Crippen LogP contribution < -0.4 is 5.32 Å². The average Bonchev–Trinajstić information content (AvgIpc) is 2.59. The number of hydrogen-bond acceptors (Lipinski definition) is 4. The van der Waals surface area contributed by atoms with Crippen LogP contribution in [-0.2, 0) is 0 Å². The van der Waals surface area contributed by atoms with Crippen LogP contribution in [0, 0.1) is 13.8 Å². The number of rotatable bonds is 2. The molecule has 0 aliphatic heterocycles. The van der Waals surface area contributed by atoms with E-state index in [1.54, 1.807) is 24.5 Å². The fourth-order valence-electron chi connectivity index (χ4n) is 1.20. The Morgan fingerprint density at radius 1 is 1.29 bits per heavy atom. The summed E-state index contributed by atoms with van der Waals surface area (Å²) in [6.07, 6.45) is 3.18. The summed E-state index contributed by atoms with van der Waals surface area (Å²) in [5.41, 5.74) is 1.54. The molecule has 0 radical (unpaired) electrons. The first kappa shape index (κ1) is 13.6. The Morgan fingerprint density at radius 2 is 1.94 bits per heavy atom. The predicted octanol–water partition coefficient (Wildman–Crippen LogP) is 2.83. The van der Waals surface area contributed by atoms with Crippen molar-refractivity contribution < 1.29 is 4.79 Å². The van der Waals surface area contributed by atoms with Crippen LogP contribution in [0.1, 0.15) is 20.9 Å². The summed E-state index contributed by atoms with van der Waals surface area (Å²) in [4.78, 5) is 21.0. The van der Waals surface area contributed by atoms with E-state index < -0.39 is 0 Å². The largest absolute Gasteiger partial charge is 0.298 e. The number of carbonyl (C=O) groups excluding carboxylic acids is 1. The predicted molar refractivity (Wildman–Crippen MR) is 71.0 cm³/mol. The normalized spacial score (nSPS) is 9.53. The lowest BCUT2D eigenvalue weighted by Crippen LogP contribution is -2.11. The third kappa shape index (κ3) is 3.25. The van der Waals surface area contributed by atoms with Gasteiger partial charge in [-0.3, -0.25) is 15.1 Å². The molecule has 0 fully saturated rings. The second-order valence-corrected chi connectivity index (χ2v) is 4.55. The number of nitrogens with zero attached hydrogens (tertiary/aromatic N) is 2. The molecule has 0 aliphatic carbocycles. The summed E-state index contributed by atoms with van der Waals surface area (Å²) in [6.45, 7) is 3.91. The Hall–Kier alpha value is -1.46. The van der Waals surface area contributed by atoms with Crippen molar-refractivity contribution in [3.05, 3.63) is 40.7 Å². The molecule has 6 heteroatoms. The van der Waals surface area contributed by atoms with Crippen LogP contribution in [0.4, 0.5) is 5.13 Å². The van der Waals surface area contributed by atoms with Gasteiger partial charge in [0.1, 0.15) is 0 Å². The van der Waals surface area contributed by atoms with Crippen LogP contribution in [0.25, 0.3) is 0 Å². The average molecular weight is 270 g/mol. The summed E-state index contributed by atoms with van der Waals surface area (Å²) in [5, 5.41) is 3.40. The van der Waals surface area contributed by atoms with Crippen molar-refractivity contribution in [2.75, 3.05) is 5.32 Å². The highest BCUT2D eigenvalue weighted by atomic mass is 35.5. The van der Waals surface area contributed by atoms with Crippen LogP contribution in [0.15, 0.2) is 24.5 Å². The number of aromatic nitrogens is 2. The summed E-state index contributed by atoms with van der Waals surface area (Å²) in [6, 6.07) is 3.34. The summed E-state index contributed by atoms with van der Waals surface area (Å²) < 4.78 is 0. The van der Waals surface area contributed by atoms with Crippen molar-refractivity contribution in [1.29, 1.82) is 0 Å². The van der Waals surface area contributed by atoms with Crippen molar-refractivity contribution >= 4 is 34.8 Å². The number of halogens is 1. The number of nitrogens with one attached hydrogen (secondary N) is 1. The van der Waals surface area contributed by atoms with Crippen LogP contribution in [0.3, 0.4) is 0 Å². The van der Waals surface area contributed by atoms with E-state index in [-0.39, 0.29) is 18.3 Å². The van der Waals surface area contributed by atoms with Crippen molar-refractivity contribution in [3.63, 3.8) is 0 Å². The second kappa shape index (κ2) is 5.75. The molecule has 1 N–H and O–H groups in total. The molecule has 17 heavy (non-hydrogen) atoms. The topological polar surface area (TPSA) is 54.9 Å². The molecular weight excluding hydrogens is 258 g/mol. The van der Waals surface area contributed by atoms with Gasteiger partial charge in [-0.1, -0.05) is 0 Å². The maximum Gasteiger partial charge on any atom is 0.257 e. The molecule has 2 aromatic heterocycles. The lowest BCUT2D eigenvalue weighted by molar-refractivity contribution is 0.102. The second-order valence-electron chi connectivity index (χ2n) is 3.35. The van der Waals surface area contributed by atoms with Crippen molar-refractivity contribution in [2.45, 2.75) is 13.8 Å². The number of carbonyl (C=O) groups is 1. The van der Waals surface area contributed by atoms with Crippen LogP contribution >= 0.6 is 23.7 Å². The molecule has 2 rings (SSSR count). The van der Waals surface area contributed by atoms with Gasteiger partial charge in [0.25, 0.3) is 5.91 Å². The van der Waals surface area contributed by atoms with Crippen LogP contribution in [0.5, 0.6) is 0 Å². The molecule has 2 aromatic rings. The van der Waals surface area contributed by atoms with Gasteiger partial charge in [0.2, 0.25) is 0 Å². The van der Waals surface area contributed by atoms with Gasteiger partial charge >= 0.3 is 0 Å². The molecule has 2 heterocycles. The van der Waals surface area contributed by atoms with E-state index in [9.17, 15) is 4.79 Å². The Kier molecular flexibility index (Phi) is 4.60. The number of hydrogen-bond donors (Lipinski definition) is 1. The molecule has 0 saturated carbocycles. The highest BCUT2D eigenvalue weighted by Gasteiger charge is 2.09. The Balaban J connectivity index is 0.00000144.